The van der Waals surface area contributed by atoms with Crippen LogP contribution in [0.1, 0.15) is 28.1 Å². The molecule has 0 saturated carbocycles. The number of rotatable bonds is 3. The van der Waals surface area contributed by atoms with Gasteiger partial charge in [-0.05, 0) is 72.4 Å². The summed E-state index contributed by atoms with van der Waals surface area (Å²) in [5, 5.41) is -0.752. The van der Waals surface area contributed by atoms with E-state index in [1.807, 2.05) is 0 Å². The first-order valence-electron chi connectivity index (χ1n) is 4.77. The molecular formula is C10H10Br3NO3S. The quantitative estimate of drug-likeness (QED) is 0.700. The maximum atomic E-state index is 12.1. The molecule has 18 heavy (non-hydrogen) atoms. The number of nitrogens with two attached hydrogens (primary N) is 1. The molecule has 0 aliphatic rings. The molecule has 8 heteroatoms. The van der Waals surface area contributed by atoms with Crippen molar-refractivity contribution in [3.8, 4) is 0 Å². The summed E-state index contributed by atoms with van der Waals surface area (Å²) in [5.41, 5.74) is 6.03. The maximum Gasteiger partial charge on any atom is 0.248 e. The van der Waals surface area contributed by atoms with Crippen molar-refractivity contribution < 1.29 is 13.2 Å². The van der Waals surface area contributed by atoms with Crippen molar-refractivity contribution in [1.82, 2.24) is 0 Å². The van der Waals surface area contributed by atoms with Gasteiger partial charge in [0.25, 0.3) is 0 Å². The van der Waals surface area contributed by atoms with E-state index >= 15 is 0 Å². The second kappa shape index (κ2) is 5.60. The van der Waals surface area contributed by atoms with Gasteiger partial charge in [0.05, 0.1) is 5.25 Å². The molecule has 1 rings (SSSR count). The first kappa shape index (κ1) is 16.1. The van der Waals surface area contributed by atoms with Gasteiger partial charge >= 0.3 is 0 Å². The van der Waals surface area contributed by atoms with Gasteiger partial charge in [-0.15, -0.1) is 0 Å². The Morgan fingerprint density at radius 2 is 1.67 bits per heavy atom. The third kappa shape index (κ3) is 3.34. The van der Waals surface area contributed by atoms with Gasteiger partial charge in [-0.25, -0.2) is 8.42 Å². The highest BCUT2D eigenvalue weighted by molar-refractivity contribution is 9.42. The highest BCUT2D eigenvalue weighted by Gasteiger charge is 2.40. The van der Waals surface area contributed by atoms with E-state index in [0.717, 1.165) is 0 Å². The van der Waals surface area contributed by atoms with Crippen molar-refractivity contribution in [1.29, 1.82) is 0 Å². The molecule has 0 bridgehead atoms. The Hall–Kier alpha value is 0.0800. The molecule has 0 fully saturated rings. The average Bonchev–Trinajstić information content (AvgIpc) is 2.26. The van der Waals surface area contributed by atoms with E-state index in [1.54, 1.807) is 19.1 Å². The summed E-state index contributed by atoms with van der Waals surface area (Å²) in [7, 11) is -3.53. The third-order valence-corrected chi connectivity index (χ3v) is 8.36. The number of hydrogen-bond acceptors (Lipinski definition) is 3. The summed E-state index contributed by atoms with van der Waals surface area (Å²) in [6.45, 7) is 1.56. The normalized spacial score (nSPS) is 14.2. The molecule has 1 amide bonds. The number of sulfone groups is 1. The van der Waals surface area contributed by atoms with Gasteiger partial charge in [-0.3, -0.25) is 4.79 Å². The Bertz CT molecular complexity index is 549. The van der Waals surface area contributed by atoms with Gasteiger partial charge in [0.2, 0.25) is 7.38 Å². The zero-order chi connectivity index (χ0) is 14.1. The summed E-state index contributed by atoms with van der Waals surface area (Å²) < 4.78 is 22.9. The Morgan fingerprint density at radius 1 is 1.22 bits per heavy atom. The molecular weight excluding hydrogens is 454 g/mol. The highest BCUT2D eigenvalue weighted by atomic mass is 80.0. The van der Waals surface area contributed by atoms with Crippen LogP contribution >= 0.6 is 47.8 Å². The van der Waals surface area contributed by atoms with Crippen LogP contribution in [0.2, 0.25) is 0 Å². The van der Waals surface area contributed by atoms with Crippen molar-refractivity contribution in [3.05, 3.63) is 35.4 Å². The lowest BCUT2D eigenvalue weighted by molar-refractivity contribution is 0.100. The summed E-state index contributed by atoms with van der Waals surface area (Å²) >= 11 is 9.02. The fraction of sp³-hybridized carbons (Fsp3) is 0.300. The Morgan fingerprint density at radius 3 is 2.00 bits per heavy atom. The van der Waals surface area contributed by atoms with Crippen molar-refractivity contribution in [2.75, 3.05) is 0 Å². The molecule has 0 heterocycles. The smallest absolute Gasteiger partial charge is 0.248 e. The van der Waals surface area contributed by atoms with Gasteiger partial charge < -0.3 is 5.73 Å². The van der Waals surface area contributed by atoms with E-state index in [-0.39, 0.29) is 0 Å². The number of primary amides is 1. The van der Waals surface area contributed by atoms with Crippen LogP contribution in [-0.2, 0) is 9.84 Å². The Kier molecular flexibility index (Phi) is 5.02. The molecule has 0 aliphatic heterocycles. The van der Waals surface area contributed by atoms with Crippen molar-refractivity contribution in [2.24, 2.45) is 5.73 Å². The fourth-order valence-corrected chi connectivity index (χ4v) is 4.74. The molecule has 0 spiro atoms. The molecule has 100 valence electrons. The first-order valence-corrected chi connectivity index (χ1v) is 8.70. The number of carbonyl (C=O) groups excluding carboxylic acids is 1. The van der Waals surface area contributed by atoms with Crippen LogP contribution in [0.4, 0.5) is 0 Å². The number of amides is 1. The summed E-state index contributed by atoms with van der Waals surface area (Å²) in [6, 6.07) is 6.15. The Balaban J connectivity index is 3.13. The lowest BCUT2D eigenvalue weighted by atomic mass is 10.1. The van der Waals surface area contributed by atoms with Crippen molar-refractivity contribution >= 4 is 63.5 Å². The van der Waals surface area contributed by atoms with Crippen LogP contribution in [-0.4, -0.2) is 15.8 Å². The minimum Gasteiger partial charge on any atom is -0.366 e. The second-order valence-corrected chi connectivity index (χ2v) is 14.4. The van der Waals surface area contributed by atoms with Crippen LogP contribution < -0.4 is 5.73 Å². The molecule has 0 radical (unpaired) electrons. The first-order chi connectivity index (χ1) is 8.07. The van der Waals surface area contributed by atoms with E-state index in [0.29, 0.717) is 11.1 Å². The van der Waals surface area contributed by atoms with Crippen LogP contribution in [0, 0.1) is 0 Å². The van der Waals surface area contributed by atoms with E-state index in [4.69, 9.17) is 5.73 Å². The molecule has 0 saturated heterocycles. The van der Waals surface area contributed by atoms with Gasteiger partial charge in [-0.1, -0.05) is 12.1 Å². The number of halogens is 3. The van der Waals surface area contributed by atoms with Crippen molar-refractivity contribution in [2.45, 2.75) is 13.6 Å². The fourth-order valence-electron chi connectivity index (χ4n) is 1.30. The zero-order valence-electron chi connectivity index (χ0n) is 9.23. The lowest BCUT2D eigenvalue weighted by Crippen LogP contribution is -2.23. The number of benzene rings is 1. The predicted molar refractivity (Wildman–Crippen MR) is 81.8 cm³/mol. The van der Waals surface area contributed by atoms with Gasteiger partial charge in [0.15, 0.2) is 9.84 Å². The van der Waals surface area contributed by atoms with Gasteiger partial charge in [-0.2, -0.15) is 0 Å². The van der Waals surface area contributed by atoms with Crippen LogP contribution in [0.25, 0.3) is 0 Å². The van der Waals surface area contributed by atoms with Crippen LogP contribution in [0.3, 0.4) is 0 Å². The van der Waals surface area contributed by atoms with E-state index < -0.39 is 22.5 Å². The third-order valence-electron chi connectivity index (χ3n) is 2.45. The molecule has 1 aromatic carbocycles. The summed E-state index contributed by atoms with van der Waals surface area (Å²) in [5.74, 6) is -0.548. The predicted octanol–water partition coefficient (Wildman–Crippen LogP) is 3.06. The van der Waals surface area contributed by atoms with Crippen LogP contribution in [0.5, 0.6) is 0 Å². The topological polar surface area (TPSA) is 77.2 Å². The van der Waals surface area contributed by atoms with Gasteiger partial charge in [0, 0.05) is 5.56 Å². The molecule has 0 aliphatic carbocycles. The molecule has 0 aromatic heterocycles. The average molecular weight is 464 g/mol. The minimum atomic E-state index is -3.53. The van der Waals surface area contributed by atoms with E-state index in [1.165, 1.54) is 12.1 Å². The second-order valence-electron chi connectivity index (χ2n) is 3.62. The SMILES string of the molecule is CC(c1ccc(C(N)=O)cc1)S(=O)(=O)C(Br)(Br)Br. The molecule has 1 atom stereocenters. The van der Waals surface area contributed by atoms with E-state index in [2.05, 4.69) is 47.8 Å². The number of alkyl halides is 3. The molecule has 1 unspecified atom stereocenters. The van der Waals surface area contributed by atoms with Crippen LogP contribution in [0.15, 0.2) is 24.3 Å². The largest absolute Gasteiger partial charge is 0.366 e. The monoisotopic (exact) mass is 461 g/mol. The molecule has 2 N–H and O–H groups in total. The lowest BCUT2D eigenvalue weighted by Gasteiger charge is -2.20. The highest BCUT2D eigenvalue weighted by Crippen LogP contribution is 2.45. The maximum absolute atomic E-state index is 12.1. The summed E-state index contributed by atoms with van der Waals surface area (Å²) in [4.78, 5) is 10.9. The molecule has 4 nitrogen and oxygen atoms in total. The zero-order valence-corrected chi connectivity index (χ0v) is 14.8. The standard InChI is InChI=1S/C10H10Br3NO3S/c1-6(18(16,17)10(11,12)13)7-2-4-8(5-3-7)9(14)15/h2-6H,1H3,(H2,14,15). The molecule has 1 aromatic rings. The summed E-state index contributed by atoms with van der Waals surface area (Å²) in [6.07, 6.45) is 0. The number of hydrogen-bond donors (Lipinski definition) is 1. The number of carbonyl (C=O) groups is 1. The van der Waals surface area contributed by atoms with Crippen molar-refractivity contribution in [3.63, 3.8) is 0 Å². The Labute approximate surface area is 131 Å². The van der Waals surface area contributed by atoms with E-state index in [9.17, 15) is 13.2 Å². The van der Waals surface area contributed by atoms with Gasteiger partial charge in [0.1, 0.15) is 0 Å². The minimum absolute atomic E-state index is 0.339.